The second-order valence-corrected chi connectivity index (χ2v) is 18.7. The first kappa shape index (κ1) is 62.8. The van der Waals surface area contributed by atoms with E-state index in [0.29, 0.717) is 29.7 Å². The second kappa shape index (κ2) is 30.4. The number of hydrogen-bond donors (Lipinski definition) is 6. The zero-order valence-corrected chi connectivity index (χ0v) is 44.5. The Morgan fingerprint density at radius 2 is 1.40 bits per heavy atom. The summed E-state index contributed by atoms with van der Waals surface area (Å²) in [5.41, 5.74) is 1.19. The summed E-state index contributed by atoms with van der Waals surface area (Å²) in [6, 6.07) is 6.50. The Labute approximate surface area is 449 Å². The van der Waals surface area contributed by atoms with Crippen LogP contribution in [0.4, 0.5) is 0 Å². The number of rotatable bonds is 36. The Morgan fingerprint density at radius 1 is 0.769 bits per heavy atom. The number of Topliss-reactive ketones (excluding diaryl/α,β-unsaturated/α-hetero) is 1. The highest BCUT2D eigenvalue weighted by Gasteiger charge is 2.51. The van der Waals surface area contributed by atoms with Crippen molar-refractivity contribution in [1.29, 1.82) is 0 Å². The number of carboxylic acid groups (broad SMARTS) is 1. The predicted molar refractivity (Wildman–Crippen MR) is 269 cm³/mol. The molecule has 0 fully saturated rings. The summed E-state index contributed by atoms with van der Waals surface area (Å²) in [5, 5.41) is 59.1. The number of aromatic hydroxyl groups is 1. The molecule has 0 spiro atoms. The third-order valence-electron chi connectivity index (χ3n) is 13.1. The number of cyclic esters (lactones) is 1. The molecule has 432 valence electrons. The van der Waals surface area contributed by atoms with E-state index in [1.165, 1.54) is 20.1 Å². The van der Waals surface area contributed by atoms with Crippen LogP contribution in [-0.4, -0.2) is 173 Å². The molecule has 0 amide bonds. The Balaban J connectivity index is 1.10. The number of fused-ring (bicyclic) bond motifs is 5. The van der Waals surface area contributed by atoms with E-state index in [-0.39, 0.29) is 100 Å². The molecular formula is C53H72N2O23. The minimum absolute atomic E-state index is 0.00903. The Kier molecular flexibility index (Phi) is 24.5. The third-order valence-corrected chi connectivity index (χ3v) is 13.1. The predicted octanol–water partition coefficient (Wildman–Crippen LogP) is 2.20. The Hall–Kier alpha value is -6.00. The summed E-state index contributed by atoms with van der Waals surface area (Å²) in [6.45, 7) is 2.60. The number of phenols is 1. The van der Waals surface area contributed by atoms with E-state index in [0.717, 1.165) is 16.5 Å². The summed E-state index contributed by atoms with van der Waals surface area (Å²) < 4.78 is 56.8. The van der Waals surface area contributed by atoms with E-state index in [9.17, 15) is 59.1 Å². The summed E-state index contributed by atoms with van der Waals surface area (Å²) in [4.78, 5) is 95.3. The first-order chi connectivity index (χ1) is 37.4. The van der Waals surface area contributed by atoms with Crippen molar-refractivity contribution in [2.24, 2.45) is 5.92 Å². The lowest BCUT2D eigenvalue weighted by Crippen LogP contribution is -2.48. The van der Waals surface area contributed by atoms with Gasteiger partial charge in [-0.05, 0) is 61.9 Å². The molecule has 0 radical (unpaired) electrons. The lowest BCUT2D eigenvalue weighted by atomic mass is 9.85. The molecule has 0 bridgehead atoms. The highest BCUT2D eigenvalue weighted by molar-refractivity contribution is 5.91. The highest BCUT2D eigenvalue weighted by atomic mass is 16.7. The first-order valence-electron chi connectivity index (χ1n) is 25.9. The van der Waals surface area contributed by atoms with E-state index in [1.807, 2.05) is 6.92 Å². The molecule has 7 unspecified atom stereocenters. The molecule has 25 nitrogen and oxygen atoms in total. The number of benzene rings is 1. The molecule has 2 aliphatic heterocycles. The molecule has 2 aromatic heterocycles. The molecule has 3 aromatic rings. The van der Waals surface area contributed by atoms with Crippen LogP contribution in [0.5, 0.6) is 5.75 Å². The minimum atomic E-state index is -1.99. The summed E-state index contributed by atoms with van der Waals surface area (Å²) >= 11 is 0. The number of aliphatic hydroxyl groups is 4. The number of carbonyl (C=O) groups is 6. The molecule has 1 aromatic carbocycles. The van der Waals surface area contributed by atoms with Gasteiger partial charge in [0, 0.05) is 55.7 Å². The van der Waals surface area contributed by atoms with Gasteiger partial charge in [-0.2, -0.15) is 0 Å². The van der Waals surface area contributed by atoms with Crippen LogP contribution < -0.4 is 5.56 Å². The van der Waals surface area contributed by atoms with Crippen LogP contribution in [0.2, 0.25) is 0 Å². The summed E-state index contributed by atoms with van der Waals surface area (Å²) in [7, 11) is 1.27. The first-order valence-corrected chi connectivity index (χ1v) is 25.9. The SMILES string of the molecule is CCc1c2c(nc3ccc(O)cc13)-c1cc3c(c(=O)n1C2)COC(=O)[C@@]3(CC)OC(=O)C(C)CC(=O)CCCC(=O)OCC(CC)OC(CO)OCC(CO)OC(COC(=O)CCCC(=O)O)OCC(CO)OC(CO)OC. The number of aryl methyl sites for hydroxylation is 1. The van der Waals surface area contributed by atoms with Crippen molar-refractivity contribution in [2.75, 3.05) is 60.0 Å². The quantitative estimate of drug-likeness (QED) is 0.0216. The van der Waals surface area contributed by atoms with Gasteiger partial charge in [-0.3, -0.25) is 28.8 Å². The smallest absolute Gasteiger partial charge is 0.355 e. The van der Waals surface area contributed by atoms with Gasteiger partial charge in [0.05, 0.1) is 80.7 Å². The molecule has 4 heterocycles. The van der Waals surface area contributed by atoms with E-state index in [2.05, 4.69) is 0 Å². The summed E-state index contributed by atoms with van der Waals surface area (Å²) in [5.74, 6) is -5.58. The van der Waals surface area contributed by atoms with Gasteiger partial charge in [0.25, 0.3) is 5.56 Å². The maximum atomic E-state index is 14.1. The molecule has 2 aliphatic rings. The lowest BCUT2D eigenvalue weighted by molar-refractivity contribution is -0.253. The van der Waals surface area contributed by atoms with E-state index >= 15 is 0 Å². The largest absolute Gasteiger partial charge is 0.508 e. The standard InChI is InChI=1S/C53H72N2O23/c1-6-33(75-47(24-59)72-26-35(22-57)77-48(29-71-45(65)14-10-12-43(62)63)73-27-34(21-56)76-46(23-58)69-5)25-70-44(64)13-9-11-31(60)17-30(4)51(67)78-53(8-3)40-19-42-49-38(20-55(42)50(66)39(40)28-74-52(53)68)36(7-2)37-18-32(61)15-16-41(37)54-49/h15-16,18-19,30,33-35,46-48,56-59,61H,6-14,17,20-29H2,1-5H3,(H,62,63)/t30?,33?,34?,35?,46?,47?,48?,53-/m0/s1. The van der Waals surface area contributed by atoms with E-state index in [1.54, 1.807) is 36.6 Å². The maximum Gasteiger partial charge on any atom is 0.355 e. The Morgan fingerprint density at radius 3 is 2.00 bits per heavy atom. The molecule has 0 saturated carbocycles. The van der Waals surface area contributed by atoms with Crippen molar-refractivity contribution < 1.29 is 107 Å². The monoisotopic (exact) mass is 1100 g/mol. The fourth-order valence-corrected chi connectivity index (χ4v) is 8.85. The molecule has 78 heavy (non-hydrogen) atoms. The third kappa shape index (κ3) is 16.5. The summed E-state index contributed by atoms with van der Waals surface area (Å²) in [6.07, 6.45) is -6.96. The number of phenolic OH excluding ortho intramolecular Hbond substituents is 1. The number of carboxylic acids is 1. The lowest BCUT2D eigenvalue weighted by Gasteiger charge is -2.36. The average Bonchev–Trinajstić information content (AvgIpc) is 3.88. The number of aliphatic hydroxyl groups excluding tert-OH is 4. The fourth-order valence-electron chi connectivity index (χ4n) is 8.85. The number of aromatic nitrogens is 2. The van der Waals surface area contributed by atoms with Crippen molar-refractivity contribution in [3.8, 4) is 17.1 Å². The van der Waals surface area contributed by atoms with Gasteiger partial charge in [-0.15, -0.1) is 0 Å². The molecule has 6 N–H and O–H groups in total. The van der Waals surface area contributed by atoms with E-state index < -0.39 is 124 Å². The zero-order valence-electron chi connectivity index (χ0n) is 44.5. The second-order valence-electron chi connectivity index (χ2n) is 18.7. The van der Waals surface area contributed by atoms with Gasteiger partial charge in [0.15, 0.2) is 18.9 Å². The molecule has 0 aliphatic carbocycles. The number of hydrogen-bond acceptors (Lipinski definition) is 23. The van der Waals surface area contributed by atoms with Crippen molar-refractivity contribution in [2.45, 2.75) is 148 Å². The van der Waals surface area contributed by atoms with Crippen LogP contribution in [0, 0.1) is 5.92 Å². The van der Waals surface area contributed by atoms with Crippen LogP contribution in [0.1, 0.15) is 108 Å². The number of aliphatic carboxylic acids is 1. The van der Waals surface area contributed by atoms with Crippen LogP contribution in [0.15, 0.2) is 29.1 Å². The van der Waals surface area contributed by atoms with E-state index in [4.69, 9.17) is 57.5 Å². The van der Waals surface area contributed by atoms with Crippen LogP contribution >= 0.6 is 0 Å². The number of esters is 4. The van der Waals surface area contributed by atoms with Gasteiger partial charge in [-0.25, -0.2) is 9.78 Å². The van der Waals surface area contributed by atoms with Gasteiger partial charge in [0.2, 0.25) is 5.60 Å². The normalized spacial score (nSPS) is 17.4. The molecule has 8 atom stereocenters. The fraction of sp³-hybridized carbons (Fsp3) is 0.623. The van der Waals surface area contributed by atoms with Gasteiger partial charge < -0.3 is 82.6 Å². The molecular weight excluding hydrogens is 1030 g/mol. The van der Waals surface area contributed by atoms with Crippen LogP contribution in [0.3, 0.4) is 0 Å². The van der Waals surface area contributed by atoms with Gasteiger partial charge >= 0.3 is 29.8 Å². The molecule has 25 heteroatoms. The van der Waals surface area contributed by atoms with Crippen molar-refractivity contribution in [1.82, 2.24) is 9.55 Å². The van der Waals surface area contributed by atoms with Gasteiger partial charge in [0.1, 0.15) is 43.6 Å². The number of carbonyl (C=O) groups excluding carboxylic acids is 5. The number of ether oxygens (including phenoxy) is 10. The maximum absolute atomic E-state index is 14.1. The number of pyridine rings is 2. The van der Waals surface area contributed by atoms with Crippen molar-refractivity contribution in [3.05, 3.63) is 56.9 Å². The number of methoxy groups -OCH3 is 1. The Bertz CT molecular complexity index is 2600. The topological polar surface area (TPSA) is 351 Å². The number of nitrogens with zero attached hydrogens (tertiary/aromatic N) is 2. The van der Waals surface area contributed by atoms with Crippen LogP contribution in [-0.2, 0) is 101 Å². The van der Waals surface area contributed by atoms with Gasteiger partial charge in [-0.1, -0.05) is 27.7 Å². The van der Waals surface area contributed by atoms with Crippen LogP contribution in [0.25, 0.3) is 22.3 Å². The minimum Gasteiger partial charge on any atom is -0.508 e. The van der Waals surface area contributed by atoms with Crippen molar-refractivity contribution in [3.63, 3.8) is 0 Å². The average molecular weight is 1110 g/mol. The highest BCUT2D eigenvalue weighted by Crippen LogP contribution is 2.43. The number of ketones is 1. The van der Waals surface area contributed by atoms with Crippen molar-refractivity contribution >= 4 is 46.5 Å². The molecule has 0 saturated heterocycles. The zero-order chi connectivity index (χ0) is 57.1. The molecule has 5 rings (SSSR count).